The van der Waals surface area contributed by atoms with Gasteiger partial charge in [0.25, 0.3) is 6.23 Å². The van der Waals surface area contributed by atoms with Crippen molar-refractivity contribution in [3.8, 4) is 41.1 Å². The fraction of sp³-hybridized carbons (Fsp3) is 0.440. The summed E-state index contributed by atoms with van der Waals surface area (Å²) in [6.07, 6.45) is 9.99. The van der Waals surface area contributed by atoms with Gasteiger partial charge < -0.3 is 35.6 Å². The topological polar surface area (TPSA) is 171 Å². The number of nitrogens with two attached hydrogens (primary N) is 1. The van der Waals surface area contributed by atoms with Crippen molar-refractivity contribution in [2.24, 2.45) is 22.1 Å². The van der Waals surface area contributed by atoms with Gasteiger partial charge in [-0.25, -0.2) is 0 Å². The highest BCUT2D eigenvalue weighted by Crippen LogP contribution is 2.47. The first-order valence-corrected chi connectivity index (χ1v) is 21.9. The largest absolute Gasteiger partial charge is 0.508 e. The Bertz CT molecular complexity index is 2330. The molecule has 318 valence electrons. The Hall–Kier alpha value is -5.24. The van der Waals surface area contributed by atoms with Crippen molar-refractivity contribution in [1.29, 1.82) is 0 Å². The molecule has 1 spiro atoms. The van der Waals surface area contributed by atoms with E-state index in [0.29, 0.717) is 42.8 Å². The van der Waals surface area contributed by atoms with Gasteiger partial charge in [0.15, 0.2) is 11.5 Å². The third-order valence-corrected chi connectivity index (χ3v) is 12.9. The van der Waals surface area contributed by atoms with E-state index in [1.807, 2.05) is 43.5 Å². The number of Topliss-reactive ketones (excluding diaryl/α,β-unsaturated/α-hetero) is 1. The quantitative estimate of drug-likeness (QED) is 0.0905. The molecular formula is C50H57N4O7+. The highest BCUT2D eigenvalue weighted by Gasteiger charge is 2.51. The van der Waals surface area contributed by atoms with Gasteiger partial charge in [-0.2, -0.15) is 0 Å². The van der Waals surface area contributed by atoms with E-state index in [4.69, 9.17) is 20.2 Å². The number of allylic oxidation sites excluding steroid dienone is 1. The highest BCUT2D eigenvalue weighted by molar-refractivity contribution is 6.08. The Kier molecular flexibility index (Phi) is 13.1. The van der Waals surface area contributed by atoms with Crippen LogP contribution in [0.15, 0.2) is 89.2 Å². The van der Waals surface area contributed by atoms with E-state index in [1.54, 1.807) is 6.07 Å². The predicted octanol–water partition coefficient (Wildman–Crippen LogP) is 4.63. The minimum absolute atomic E-state index is 0.0519. The van der Waals surface area contributed by atoms with Crippen LogP contribution in [0.25, 0.3) is 0 Å². The van der Waals surface area contributed by atoms with Crippen molar-refractivity contribution in [3.63, 3.8) is 0 Å². The Labute approximate surface area is 358 Å². The molecule has 0 saturated heterocycles. The zero-order chi connectivity index (χ0) is 42.5. The first-order valence-electron chi connectivity index (χ1n) is 21.9. The molecule has 7 atom stereocenters. The summed E-state index contributed by atoms with van der Waals surface area (Å²) in [6.45, 7) is 3.23. The Morgan fingerprint density at radius 1 is 1.05 bits per heavy atom. The molecule has 0 radical (unpaired) electrons. The number of hydrogen-bond donors (Lipinski definition) is 7. The van der Waals surface area contributed by atoms with Crippen LogP contribution in [0.3, 0.4) is 0 Å². The number of hydrogen-bond acceptors (Lipinski definition) is 10. The number of ketones is 1. The Morgan fingerprint density at radius 3 is 2.67 bits per heavy atom. The number of quaternary nitrogens is 1. The molecule has 0 aromatic heterocycles. The van der Waals surface area contributed by atoms with Gasteiger partial charge in [-0.1, -0.05) is 92.5 Å². The predicted molar refractivity (Wildman–Crippen MR) is 232 cm³/mol. The van der Waals surface area contributed by atoms with Crippen LogP contribution >= 0.6 is 0 Å². The van der Waals surface area contributed by atoms with Crippen molar-refractivity contribution < 1.29 is 39.6 Å². The monoisotopic (exact) mass is 825 g/mol. The number of benzene rings is 3. The summed E-state index contributed by atoms with van der Waals surface area (Å²) in [5.41, 5.74) is 13.4. The smallest absolute Gasteiger partial charge is 0.252 e. The van der Waals surface area contributed by atoms with Gasteiger partial charge in [0.1, 0.15) is 48.1 Å². The first-order chi connectivity index (χ1) is 29.6. The van der Waals surface area contributed by atoms with Crippen molar-refractivity contribution in [2.45, 2.75) is 115 Å². The molecule has 61 heavy (non-hydrogen) atoms. The molecular weight excluding hydrogens is 769 g/mol. The van der Waals surface area contributed by atoms with E-state index >= 15 is 0 Å². The van der Waals surface area contributed by atoms with Crippen LogP contribution in [0.2, 0.25) is 0 Å². The summed E-state index contributed by atoms with van der Waals surface area (Å²) in [7, 11) is 0. The lowest BCUT2D eigenvalue weighted by molar-refractivity contribution is -0.888. The van der Waals surface area contributed by atoms with Gasteiger partial charge >= 0.3 is 0 Å². The summed E-state index contributed by atoms with van der Waals surface area (Å²) < 4.78 is 13.1. The maximum absolute atomic E-state index is 12.9. The normalized spacial score (nSPS) is 23.3. The van der Waals surface area contributed by atoms with Crippen LogP contribution in [0.5, 0.6) is 17.2 Å². The van der Waals surface area contributed by atoms with E-state index in [0.717, 1.165) is 71.4 Å². The van der Waals surface area contributed by atoms with Crippen LogP contribution in [-0.4, -0.2) is 63.4 Å². The van der Waals surface area contributed by atoms with Crippen molar-refractivity contribution in [2.75, 3.05) is 13.1 Å². The van der Waals surface area contributed by atoms with Crippen LogP contribution in [0, 0.1) is 35.2 Å². The summed E-state index contributed by atoms with van der Waals surface area (Å²) >= 11 is 0. The molecule has 4 heterocycles. The molecule has 1 fully saturated rings. The van der Waals surface area contributed by atoms with Gasteiger partial charge in [-0.3, -0.25) is 20.0 Å². The third-order valence-electron chi connectivity index (χ3n) is 12.9. The lowest BCUT2D eigenvalue weighted by Crippen LogP contribution is -3.13. The molecule has 1 unspecified atom stereocenters. The number of nitrogens with one attached hydrogen (secondary N) is 2. The number of phenolic OH excluding ortho intramolecular Hbond substituents is 1. The van der Waals surface area contributed by atoms with Gasteiger partial charge in [0.2, 0.25) is 0 Å². The molecule has 2 bridgehead atoms. The number of rotatable bonds is 14. The summed E-state index contributed by atoms with van der Waals surface area (Å²) in [6, 6.07) is 19.5. The molecule has 4 aliphatic heterocycles. The van der Waals surface area contributed by atoms with E-state index in [2.05, 4.69) is 53.6 Å². The van der Waals surface area contributed by atoms with Crippen molar-refractivity contribution >= 4 is 11.5 Å². The lowest BCUT2D eigenvalue weighted by atomic mass is 9.73. The minimum atomic E-state index is -1.09. The van der Waals surface area contributed by atoms with Crippen molar-refractivity contribution in [1.82, 2.24) is 5.32 Å². The number of ether oxygens (including phenoxy) is 2. The average molecular weight is 826 g/mol. The maximum Gasteiger partial charge on any atom is 0.252 e. The number of phenols is 1. The number of carbonyl (C=O) groups is 1. The Balaban J connectivity index is 1.09. The standard InChI is InChI=1S/C50H56N4O7/c1-2-8-37(55)26-39(57)27-38(56)13-11-33-25-47-46(28-45(33)59)60-22-20-50(18-6-7-19-50)42-15-16-44(58)40-14-12-34(48(51)52-21-17-32-9-4-3-5-10-32)23-35(40)24-36-29-53-43-31-54(30-41(36)43)49(42)61-47/h3-5,9-10,12,14,23,25,28-30,37,39,42,44,48-49,52,55,57-59H,2,6-8,11,13,17-19,21,24,26-27,31,51H2,1H3/p+1/t37-,39+,42+,44-,48+,49+/m0/s1. The van der Waals surface area contributed by atoms with Crippen LogP contribution < -0.4 is 25.4 Å². The summed E-state index contributed by atoms with van der Waals surface area (Å²) in [5, 5.41) is 47.1. The number of aliphatic imine (C=N–C) groups is 1. The van der Waals surface area contributed by atoms with Gasteiger partial charge in [0, 0.05) is 38.1 Å². The summed E-state index contributed by atoms with van der Waals surface area (Å²) in [4.78, 5) is 18.8. The number of aliphatic hydroxyl groups excluding tert-OH is 3. The van der Waals surface area contributed by atoms with E-state index < -0.39 is 42.0 Å². The maximum atomic E-state index is 12.9. The summed E-state index contributed by atoms with van der Waals surface area (Å²) in [5.74, 6) is 10.2. The molecule has 11 heteroatoms. The molecule has 11 nitrogen and oxygen atoms in total. The molecule has 3 aromatic rings. The van der Waals surface area contributed by atoms with Gasteiger partial charge in [-0.05, 0) is 78.0 Å². The van der Waals surface area contributed by atoms with E-state index in [9.17, 15) is 25.2 Å². The molecule has 1 saturated carbocycles. The Morgan fingerprint density at radius 2 is 1.87 bits per heavy atom. The number of aliphatic hydroxyl groups is 3. The van der Waals surface area contributed by atoms with Crippen LogP contribution in [0.4, 0.5) is 0 Å². The second-order valence-corrected chi connectivity index (χ2v) is 17.2. The molecule has 8 N–H and O–H groups in total. The zero-order valence-corrected chi connectivity index (χ0v) is 34.8. The fourth-order valence-electron chi connectivity index (χ4n) is 9.53. The molecule has 3 aromatic carbocycles. The average Bonchev–Trinajstić information content (AvgIpc) is 3.99. The SMILES string of the molecule is CCC[C@H](O)C[C@@H](O)CC(=O)CCc1cc2c(cc1O)OC#CC1(CCCC1)[C@@H]1C#C[C@H](O)c3ccc([C@H](N)NCCc4ccccc4)cc3CC3=CN=C4C[NH+](C=C34)[C@@H]1O2. The zero-order valence-electron chi connectivity index (χ0n) is 34.8. The number of fused-ring (bicyclic) bond motifs is 6. The number of carbonyl (C=O) groups excluding carboxylic acids is 1. The van der Waals surface area contributed by atoms with Crippen LogP contribution in [-0.2, 0) is 24.1 Å². The van der Waals surface area contributed by atoms with E-state index in [-0.39, 0.29) is 43.0 Å². The minimum Gasteiger partial charge on any atom is -0.508 e. The fourth-order valence-corrected chi connectivity index (χ4v) is 9.53. The second kappa shape index (κ2) is 18.8. The highest BCUT2D eigenvalue weighted by atomic mass is 16.5. The van der Waals surface area contributed by atoms with Crippen LogP contribution in [0.1, 0.15) is 105 Å². The third kappa shape index (κ3) is 9.64. The molecule has 8 rings (SSSR count). The van der Waals surface area contributed by atoms with Gasteiger partial charge in [-0.15, -0.1) is 0 Å². The van der Waals surface area contributed by atoms with E-state index in [1.165, 1.54) is 11.6 Å². The number of nitrogens with zero attached hydrogens (tertiary/aromatic N) is 1. The second-order valence-electron chi connectivity index (χ2n) is 17.2. The van der Waals surface area contributed by atoms with Crippen molar-refractivity contribution in [3.05, 3.63) is 112 Å². The number of aryl methyl sites for hydroxylation is 1. The number of aromatic hydroxyl groups is 1. The lowest BCUT2D eigenvalue weighted by Gasteiger charge is -2.36. The molecule has 5 aliphatic rings. The molecule has 0 amide bonds. The molecule has 1 aliphatic carbocycles. The van der Waals surface area contributed by atoms with Gasteiger partial charge in [0.05, 0.1) is 29.4 Å². The first kappa shape index (κ1) is 42.5.